The van der Waals surface area contributed by atoms with E-state index in [-0.39, 0.29) is 5.82 Å². The van der Waals surface area contributed by atoms with Crippen LogP contribution in [0.2, 0.25) is 0 Å². The summed E-state index contributed by atoms with van der Waals surface area (Å²) in [6, 6.07) is 16.9. The molecule has 5 heteroatoms. The Hall–Kier alpha value is -2.95. The highest BCUT2D eigenvalue weighted by Crippen LogP contribution is 2.56. The molecule has 0 amide bonds. The molecule has 0 atom stereocenters. The Bertz CT molecular complexity index is 1040. The van der Waals surface area contributed by atoms with Crippen molar-refractivity contribution in [1.29, 1.82) is 0 Å². The van der Waals surface area contributed by atoms with Gasteiger partial charge in [0.2, 0.25) is 0 Å². The van der Waals surface area contributed by atoms with Crippen LogP contribution < -0.4 is 0 Å². The molecule has 1 aliphatic heterocycles. The highest BCUT2D eigenvalue weighted by Gasteiger charge is 2.53. The first kappa shape index (κ1) is 17.2. The lowest BCUT2D eigenvalue weighted by molar-refractivity contribution is -0.0357. The Morgan fingerprint density at radius 2 is 1.93 bits per heavy atom. The van der Waals surface area contributed by atoms with Crippen molar-refractivity contribution in [2.45, 2.75) is 25.2 Å². The minimum Gasteiger partial charge on any atom is -0.409 e. The van der Waals surface area contributed by atoms with Crippen LogP contribution in [0.15, 0.2) is 65.9 Å². The standard InChI is InChI=1S/C23H22FN3O/c24-18-6-7-21-20(11-18)19(8-9-25-21)17-12-23(13-17)14-27(15-23)22(26-28)10-16-4-2-1-3-5-16/h1-9,11,17,28H,10,12-15H2/b26-22-. The van der Waals surface area contributed by atoms with Crippen LogP contribution in [0.25, 0.3) is 10.9 Å². The molecule has 142 valence electrons. The van der Waals surface area contributed by atoms with Crippen LogP contribution in [0, 0.1) is 11.2 Å². The maximum Gasteiger partial charge on any atom is 0.148 e. The summed E-state index contributed by atoms with van der Waals surface area (Å²) < 4.78 is 13.7. The molecule has 0 radical (unpaired) electrons. The van der Waals surface area contributed by atoms with E-state index in [0.717, 1.165) is 48.2 Å². The molecular weight excluding hydrogens is 353 g/mol. The monoisotopic (exact) mass is 375 g/mol. The van der Waals surface area contributed by atoms with E-state index in [1.807, 2.05) is 42.6 Å². The van der Waals surface area contributed by atoms with Gasteiger partial charge in [0.1, 0.15) is 11.7 Å². The van der Waals surface area contributed by atoms with E-state index >= 15 is 0 Å². The Morgan fingerprint density at radius 1 is 1.14 bits per heavy atom. The van der Waals surface area contributed by atoms with Crippen molar-refractivity contribution in [3.63, 3.8) is 0 Å². The zero-order valence-electron chi connectivity index (χ0n) is 15.6. The quantitative estimate of drug-likeness (QED) is 0.315. The Kier molecular flexibility index (Phi) is 4.04. The smallest absolute Gasteiger partial charge is 0.148 e. The second-order valence-electron chi connectivity index (χ2n) is 8.20. The number of fused-ring (bicyclic) bond motifs is 1. The predicted molar refractivity (Wildman–Crippen MR) is 107 cm³/mol. The lowest BCUT2D eigenvalue weighted by Gasteiger charge is -2.60. The third kappa shape index (κ3) is 2.91. The lowest BCUT2D eigenvalue weighted by atomic mass is 9.56. The van der Waals surface area contributed by atoms with Crippen LogP contribution >= 0.6 is 0 Å². The summed E-state index contributed by atoms with van der Waals surface area (Å²) in [5, 5.41) is 13.9. The van der Waals surface area contributed by atoms with Crippen LogP contribution in [-0.4, -0.2) is 34.0 Å². The molecule has 1 spiro atoms. The molecule has 2 fully saturated rings. The van der Waals surface area contributed by atoms with E-state index in [2.05, 4.69) is 15.0 Å². The molecule has 2 aromatic carbocycles. The molecule has 0 bridgehead atoms. The topological polar surface area (TPSA) is 48.7 Å². The van der Waals surface area contributed by atoms with Gasteiger partial charge in [-0.05, 0) is 54.2 Å². The molecule has 2 aliphatic rings. The van der Waals surface area contributed by atoms with Gasteiger partial charge in [0.25, 0.3) is 0 Å². The van der Waals surface area contributed by atoms with E-state index in [9.17, 15) is 9.60 Å². The van der Waals surface area contributed by atoms with Gasteiger partial charge in [-0.3, -0.25) is 4.98 Å². The summed E-state index contributed by atoms with van der Waals surface area (Å²) in [5.41, 5.74) is 3.50. The number of hydrogen-bond acceptors (Lipinski definition) is 3. The fourth-order valence-corrected chi connectivity index (χ4v) is 4.89. The van der Waals surface area contributed by atoms with Crippen molar-refractivity contribution in [2.24, 2.45) is 10.6 Å². The first-order valence-electron chi connectivity index (χ1n) is 9.70. The van der Waals surface area contributed by atoms with Gasteiger partial charge in [-0.2, -0.15) is 0 Å². The molecule has 28 heavy (non-hydrogen) atoms. The number of oxime groups is 1. The number of aromatic nitrogens is 1. The minimum absolute atomic E-state index is 0.213. The van der Waals surface area contributed by atoms with Crippen molar-refractivity contribution >= 4 is 16.7 Å². The number of nitrogens with zero attached hydrogens (tertiary/aromatic N) is 3. The van der Waals surface area contributed by atoms with E-state index in [1.54, 1.807) is 12.1 Å². The third-order valence-electron chi connectivity index (χ3n) is 6.27. The molecule has 1 aromatic heterocycles. The maximum atomic E-state index is 13.7. The van der Waals surface area contributed by atoms with Crippen LogP contribution in [0.4, 0.5) is 4.39 Å². The van der Waals surface area contributed by atoms with E-state index in [4.69, 9.17) is 0 Å². The molecule has 5 rings (SSSR count). The average Bonchev–Trinajstić information content (AvgIpc) is 2.65. The van der Waals surface area contributed by atoms with E-state index < -0.39 is 0 Å². The van der Waals surface area contributed by atoms with Gasteiger partial charge in [0.05, 0.1) is 5.52 Å². The van der Waals surface area contributed by atoms with Gasteiger partial charge in [-0.1, -0.05) is 35.5 Å². The van der Waals surface area contributed by atoms with Gasteiger partial charge < -0.3 is 10.1 Å². The zero-order valence-corrected chi connectivity index (χ0v) is 15.6. The molecule has 2 heterocycles. The normalized spacial score (nSPS) is 18.9. The second kappa shape index (κ2) is 6.59. The zero-order chi connectivity index (χ0) is 19.1. The molecule has 3 aromatic rings. The summed E-state index contributed by atoms with van der Waals surface area (Å²) in [6.45, 7) is 1.85. The molecule has 1 N–H and O–H groups in total. The molecule has 1 aliphatic carbocycles. The third-order valence-corrected chi connectivity index (χ3v) is 6.27. The number of rotatable bonds is 3. The molecule has 0 unspecified atom stereocenters. The van der Waals surface area contributed by atoms with Crippen molar-refractivity contribution in [3.8, 4) is 0 Å². The van der Waals surface area contributed by atoms with Gasteiger partial charge >= 0.3 is 0 Å². The largest absolute Gasteiger partial charge is 0.409 e. The highest BCUT2D eigenvalue weighted by molar-refractivity contribution is 5.85. The fourth-order valence-electron chi connectivity index (χ4n) is 4.89. The average molecular weight is 375 g/mol. The van der Waals surface area contributed by atoms with Crippen LogP contribution in [0.3, 0.4) is 0 Å². The van der Waals surface area contributed by atoms with E-state index in [0.29, 0.717) is 17.8 Å². The van der Waals surface area contributed by atoms with E-state index in [1.165, 1.54) is 11.6 Å². The second-order valence-corrected chi connectivity index (χ2v) is 8.20. The number of amidine groups is 1. The van der Waals surface area contributed by atoms with Crippen LogP contribution in [0.5, 0.6) is 0 Å². The van der Waals surface area contributed by atoms with Gasteiger partial charge in [0.15, 0.2) is 0 Å². The van der Waals surface area contributed by atoms with Crippen molar-refractivity contribution in [2.75, 3.05) is 13.1 Å². The number of likely N-dealkylation sites (tertiary alicyclic amines) is 1. The highest BCUT2D eigenvalue weighted by atomic mass is 19.1. The summed E-state index contributed by atoms with van der Waals surface area (Å²) in [5.74, 6) is 0.963. The Labute approximate surface area is 163 Å². The summed E-state index contributed by atoms with van der Waals surface area (Å²) in [7, 11) is 0. The minimum atomic E-state index is -0.213. The van der Waals surface area contributed by atoms with Crippen molar-refractivity contribution in [3.05, 3.63) is 77.7 Å². The molecule has 1 saturated carbocycles. The Balaban J connectivity index is 1.25. The SMILES string of the molecule is O/N=C(/Cc1ccccc1)N1CC2(CC(c3ccnc4ccc(F)cc34)C2)C1. The Morgan fingerprint density at radius 3 is 2.68 bits per heavy atom. The van der Waals surface area contributed by atoms with Crippen molar-refractivity contribution in [1.82, 2.24) is 9.88 Å². The number of pyridine rings is 1. The molecule has 1 saturated heterocycles. The number of benzene rings is 2. The van der Waals surface area contributed by atoms with Crippen LogP contribution in [-0.2, 0) is 6.42 Å². The van der Waals surface area contributed by atoms with Gasteiger partial charge in [0, 0.05) is 36.5 Å². The van der Waals surface area contributed by atoms with Crippen LogP contribution in [0.1, 0.15) is 29.9 Å². The summed E-state index contributed by atoms with van der Waals surface area (Å²) in [6.07, 6.45) is 4.64. The number of hydrogen-bond donors (Lipinski definition) is 1. The molecular formula is C23H22FN3O. The molecule has 4 nitrogen and oxygen atoms in total. The van der Waals surface area contributed by atoms with Gasteiger partial charge in [-0.15, -0.1) is 0 Å². The predicted octanol–water partition coefficient (Wildman–Crippen LogP) is 4.58. The first-order valence-corrected chi connectivity index (χ1v) is 9.70. The summed E-state index contributed by atoms with van der Waals surface area (Å²) >= 11 is 0. The maximum absolute atomic E-state index is 13.7. The summed E-state index contributed by atoms with van der Waals surface area (Å²) in [4.78, 5) is 6.54. The van der Waals surface area contributed by atoms with Crippen molar-refractivity contribution < 1.29 is 9.60 Å². The fraction of sp³-hybridized carbons (Fsp3) is 0.304. The van der Waals surface area contributed by atoms with Gasteiger partial charge in [-0.25, -0.2) is 4.39 Å². The number of halogens is 1. The lowest BCUT2D eigenvalue weighted by Crippen LogP contribution is -2.63. The first-order chi connectivity index (χ1) is 13.7.